The van der Waals surface area contributed by atoms with E-state index in [4.69, 9.17) is 0 Å². The van der Waals surface area contributed by atoms with Crippen molar-refractivity contribution in [1.82, 2.24) is 9.88 Å². The number of aliphatic hydroxyl groups excluding tert-OH is 1. The van der Waals surface area contributed by atoms with Crippen molar-refractivity contribution in [3.05, 3.63) is 37.2 Å². The summed E-state index contributed by atoms with van der Waals surface area (Å²) in [5.41, 5.74) is -0.600. The van der Waals surface area contributed by atoms with Crippen molar-refractivity contribution in [3.63, 3.8) is 0 Å². The highest BCUT2D eigenvalue weighted by Gasteiger charge is 2.14. The Labute approximate surface area is 124 Å². The molecule has 8 heteroatoms. The highest BCUT2D eigenvalue weighted by molar-refractivity contribution is 9.10. The van der Waals surface area contributed by atoms with Crippen molar-refractivity contribution in [2.75, 3.05) is 13.1 Å². The van der Waals surface area contributed by atoms with E-state index in [0.29, 0.717) is 12.5 Å². The summed E-state index contributed by atoms with van der Waals surface area (Å²) in [4.78, 5) is 22.0. The van der Waals surface area contributed by atoms with Gasteiger partial charge in [-0.3, -0.25) is 14.9 Å². The number of nitro groups is 1. The van der Waals surface area contributed by atoms with Gasteiger partial charge in [0, 0.05) is 12.6 Å². The minimum atomic E-state index is -0.791. The number of pyridine rings is 1. The van der Waals surface area contributed by atoms with E-state index in [1.807, 2.05) is 13.8 Å². The maximum Gasteiger partial charge on any atom is 0.286 e. The van der Waals surface area contributed by atoms with Crippen molar-refractivity contribution in [3.8, 4) is 0 Å². The zero-order valence-corrected chi connectivity index (χ0v) is 13.0. The van der Waals surface area contributed by atoms with Gasteiger partial charge in [0.2, 0.25) is 0 Å². The van der Waals surface area contributed by atoms with Gasteiger partial charge in [-0.1, -0.05) is 13.8 Å². The molecule has 1 atom stereocenters. The van der Waals surface area contributed by atoms with Gasteiger partial charge in [0.1, 0.15) is 0 Å². The molecule has 1 unspecified atom stereocenters. The molecule has 0 saturated carbocycles. The first-order valence-corrected chi connectivity index (χ1v) is 7.03. The van der Waals surface area contributed by atoms with Crippen molar-refractivity contribution < 1.29 is 10.0 Å². The zero-order valence-electron chi connectivity index (χ0n) is 11.4. The summed E-state index contributed by atoms with van der Waals surface area (Å²) in [6.45, 7) is 5.17. The highest BCUT2D eigenvalue weighted by atomic mass is 79.9. The fourth-order valence-corrected chi connectivity index (χ4v) is 2.11. The first kappa shape index (κ1) is 16.8. The smallest absolute Gasteiger partial charge is 0.286 e. The summed E-state index contributed by atoms with van der Waals surface area (Å²) in [7, 11) is 0. The number of halogens is 1. The molecular formula is C12H18BrN3O4. The number of nitrogens with one attached hydrogen (secondary N) is 1. The maximum atomic E-state index is 11.8. The van der Waals surface area contributed by atoms with E-state index in [0.717, 1.165) is 23.4 Å². The quantitative estimate of drug-likeness (QED) is 0.569. The molecule has 7 nitrogen and oxygen atoms in total. The second kappa shape index (κ2) is 7.51. The summed E-state index contributed by atoms with van der Waals surface area (Å²) in [6, 6.07) is 1.15. The number of aliphatic hydroxyl groups is 1. The molecule has 0 amide bonds. The molecule has 0 saturated heterocycles. The Morgan fingerprint density at radius 3 is 2.70 bits per heavy atom. The van der Waals surface area contributed by atoms with E-state index < -0.39 is 16.6 Å². The molecule has 1 aromatic rings. The Bertz CT molecular complexity index is 530. The molecule has 0 spiro atoms. The monoisotopic (exact) mass is 347 g/mol. The molecule has 1 rings (SSSR count). The van der Waals surface area contributed by atoms with E-state index in [-0.39, 0.29) is 16.7 Å². The molecular weight excluding hydrogens is 330 g/mol. The molecule has 2 N–H and O–H groups in total. The molecule has 1 aromatic heterocycles. The largest absolute Gasteiger partial charge is 0.390 e. The Morgan fingerprint density at radius 2 is 2.15 bits per heavy atom. The summed E-state index contributed by atoms with van der Waals surface area (Å²) in [6.07, 6.45) is 0.346. The topological polar surface area (TPSA) is 97.4 Å². The maximum absolute atomic E-state index is 11.8. The lowest BCUT2D eigenvalue weighted by molar-refractivity contribution is -0.385. The fraction of sp³-hybridized carbons (Fsp3) is 0.583. The number of hydrogen-bond donors (Lipinski definition) is 2. The molecule has 1 heterocycles. The fourth-order valence-electron chi connectivity index (χ4n) is 1.65. The molecule has 0 aromatic carbocycles. The van der Waals surface area contributed by atoms with Gasteiger partial charge in [0.15, 0.2) is 0 Å². The van der Waals surface area contributed by atoms with Crippen LogP contribution >= 0.6 is 15.9 Å². The van der Waals surface area contributed by atoms with E-state index in [2.05, 4.69) is 21.2 Å². The van der Waals surface area contributed by atoms with Gasteiger partial charge in [-0.05, 0) is 28.4 Å². The van der Waals surface area contributed by atoms with Crippen molar-refractivity contribution in [1.29, 1.82) is 0 Å². The van der Waals surface area contributed by atoms with Crippen molar-refractivity contribution >= 4 is 21.6 Å². The van der Waals surface area contributed by atoms with Gasteiger partial charge in [-0.25, -0.2) is 0 Å². The summed E-state index contributed by atoms with van der Waals surface area (Å²) in [5.74, 6) is 0.455. The molecule has 20 heavy (non-hydrogen) atoms. The van der Waals surface area contributed by atoms with Crippen LogP contribution in [0.2, 0.25) is 0 Å². The molecule has 112 valence electrons. The van der Waals surface area contributed by atoms with Crippen LogP contribution in [-0.2, 0) is 6.54 Å². The third-order valence-corrected chi connectivity index (χ3v) is 3.15. The average Bonchev–Trinajstić information content (AvgIpc) is 2.33. The summed E-state index contributed by atoms with van der Waals surface area (Å²) >= 11 is 2.99. The van der Waals surface area contributed by atoms with Gasteiger partial charge in [-0.15, -0.1) is 0 Å². The van der Waals surface area contributed by atoms with Gasteiger partial charge >= 0.3 is 0 Å². The average molecular weight is 348 g/mol. The Morgan fingerprint density at radius 1 is 1.50 bits per heavy atom. The molecule has 0 aliphatic carbocycles. The predicted octanol–water partition coefficient (Wildman–Crippen LogP) is 1.13. The lowest BCUT2D eigenvalue weighted by Gasteiger charge is -2.14. The van der Waals surface area contributed by atoms with Gasteiger partial charge < -0.3 is 15.0 Å². The summed E-state index contributed by atoms with van der Waals surface area (Å²) < 4.78 is 1.25. The van der Waals surface area contributed by atoms with Crippen LogP contribution in [0.4, 0.5) is 5.69 Å². The minimum absolute atomic E-state index is 0.00418. The number of rotatable bonds is 7. The first-order valence-electron chi connectivity index (χ1n) is 6.24. The van der Waals surface area contributed by atoms with Crippen molar-refractivity contribution in [2.45, 2.75) is 26.5 Å². The van der Waals surface area contributed by atoms with Crippen LogP contribution in [0.25, 0.3) is 0 Å². The van der Waals surface area contributed by atoms with Crippen LogP contribution in [0, 0.1) is 16.0 Å². The second-order valence-electron chi connectivity index (χ2n) is 4.97. The van der Waals surface area contributed by atoms with Gasteiger partial charge in [0.25, 0.3) is 11.2 Å². The molecule has 0 radical (unpaired) electrons. The van der Waals surface area contributed by atoms with Crippen LogP contribution < -0.4 is 10.9 Å². The van der Waals surface area contributed by atoms with Gasteiger partial charge in [0.05, 0.1) is 28.2 Å². The molecule has 0 fully saturated rings. The third kappa shape index (κ3) is 5.03. The summed E-state index contributed by atoms with van der Waals surface area (Å²) in [5, 5.41) is 23.7. The van der Waals surface area contributed by atoms with Crippen LogP contribution in [0.5, 0.6) is 0 Å². The first-order chi connectivity index (χ1) is 9.31. The lowest BCUT2D eigenvalue weighted by atomic mass is 10.2. The lowest BCUT2D eigenvalue weighted by Crippen LogP contribution is -2.35. The van der Waals surface area contributed by atoms with E-state index in [9.17, 15) is 20.0 Å². The van der Waals surface area contributed by atoms with Crippen molar-refractivity contribution in [2.24, 2.45) is 5.92 Å². The SMILES string of the molecule is CC(C)CNCC(O)Cn1cc([N+](=O)[O-])cc(Br)c1=O. The third-order valence-electron chi connectivity index (χ3n) is 2.58. The molecule has 0 aliphatic heterocycles. The second-order valence-corrected chi connectivity index (χ2v) is 5.82. The number of nitrogens with zero attached hydrogens (tertiary/aromatic N) is 2. The van der Waals surface area contributed by atoms with Gasteiger partial charge in [-0.2, -0.15) is 0 Å². The predicted molar refractivity (Wildman–Crippen MR) is 78.8 cm³/mol. The Balaban J connectivity index is 2.76. The molecule has 0 bridgehead atoms. The molecule has 0 aliphatic rings. The minimum Gasteiger partial charge on any atom is -0.390 e. The number of hydrogen-bond acceptors (Lipinski definition) is 5. The Kier molecular flexibility index (Phi) is 6.31. The van der Waals surface area contributed by atoms with E-state index >= 15 is 0 Å². The zero-order chi connectivity index (χ0) is 15.3. The number of aromatic nitrogens is 1. The van der Waals surface area contributed by atoms with Crippen LogP contribution in [0.1, 0.15) is 13.8 Å². The van der Waals surface area contributed by atoms with Crippen LogP contribution in [0.15, 0.2) is 21.5 Å². The van der Waals surface area contributed by atoms with Crippen LogP contribution in [0.3, 0.4) is 0 Å². The van der Waals surface area contributed by atoms with E-state index in [1.54, 1.807) is 0 Å². The van der Waals surface area contributed by atoms with Crippen LogP contribution in [-0.4, -0.2) is 33.8 Å². The van der Waals surface area contributed by atoms with E-state index in [1.165, 1.54) is 0 Å². The standard InChI is InChI=1S/C12H18BrN3O4/c1-8(2)4-14-5-10(17)7-15-6-9(16(19)20)3-11(13)12(15)18/h3,6,8,10,14,17H,4-5,7H2,1-2H3. The highest BCUT2D eigenvalue weighted by Crippen LogP contribution is 2.14. The Hall–Kier alpha value is -1.25. The normalized spacial score (nSPS) is 12.7.